The molecule has 1 aromatic heterocycles. The van der Waals surface area contributed by atoms with E-state index in [9.17, 15) is 9.59 Å². The van der Waals surface area contributed by atoms with Crippen LogP contribution in [0.2, 0.25) is 0 Å². The van der Waals surface area contributed by atoms with E-state index < -0.39 is 0 Å². The standard InChI is InChI=1S/C36H48N4O2/c1-28(25-33(35(37)41)26-30-14-12-21-38-27-30)36(42)39-22-11-3-2-6-13-29-19-23-40(24-20-29)34(31-15-7-4-8-16-31)32-17-9-5-10-18-32/h4-5,7-10,12,14-18,21,27-29,33-34H,2-3,6,11,13,19-20,22-26H2,1H3,(H2,37,41)(H,39,42). The Bertz CT molecular complexity index is 1160. The smallest absolute Gasteiger partial charge is 0.222 e. The van der Waals surface area contributed by atoms with E-state index in [1.807, 2.05) is 19.1 Å². The molecule has 6 heteroatoms. The second kappa shape index (κ2) is 16.8. The number of nitrogens with one attached hydrogen (secondary N) is 1. The van der Waals surface area contributed by atoms with Crippen molar-refractivity contribution in [2.45, 2.75) is 70.8 Å². The van der Waals surface area contributed by atoms with Gasteiger partial charge >= 0.3 is 0 Å². The molecule has 1 fully saturated rings. The molecule has 0 aliphatic carbocycles. The Morgan fingerprint density at radius 3 is 2.14 bits per heavy atom. The zero-order chi connectivity index (χ0) is 29.6. The van der Waals surface area contributed by atoms with Crippen LogP contribution in [0.1, 0.15) is 81.0 Å². The molecule has 6 nitrogen and oxygen atoms in total. The topological polar surface area (TPSA) is 88.3 Å². The van der Waals surface area contributed by atoms with Crippen molar-refractivity contribution < 1.29 is 9.59 Å². The van der Waals surface area contributed by atoms with Crippen molar-refractivity contribution in [2.24, 2.45) is 23.5 Å². The Kier molecular flexibility index (Phi) is 12.6. The molecular weight excluding hydrogens is 520 g/mol. The van der Waals surface area contributed by atoms with Crippen LogP contribution in [0, 0.1) is 17.8 Å². The number of nitrogens with zero attached hydrogens (tertiary/aromatic N) is 2. The van der Waals surface area contributed by atoms with E-state index >= 15 is 0 Å². The summed E-state index contributed by atoms with van der Waals surface area (Å²) < 4.78 is 0. The molecule has 3 aromatic rings. The molecule has 42 heavy (non-hydrogen) atoms. The lowest BCUT2D eigenvalue weighted by Crippen LogP contribution is -2.37. The third kappa shape index (κ3) is 9.80. The number of unbranched alkanes of at least 4 members (excludes halogenated alkanes) is 3. The van der Waals surface area contributed by atoms with Crippen molar-refractivity contribution in [1.82, 2.24) is 15.2 Å². The lowest BCUT2D eigenvalue weighted by Gasteiger charge is -2.38. The average molecular weight is 569 g/mol. The van der Waals surface area contributed by atoms with Gasteiger partial charge in [-0.2, -0.15) is 0 Å². The van der Waals surface area contributed by atoms with E-state index in [0.29, 0.717) is 25.4 Å². The molecule has 224 valence electrons. The number of piperidine rings is 1. The van der Waals surface area contributed by atoms with Gasteiger partial charge < -0.3 is 11.1 Å². The van der Waals surface area contributed by atoms with Gasteiger partial charge in [-0.15, -0.1) is 0 Å². The molecule has 4 rings (SSSR count). The van der Waals surface area contributed by atoms with Gasteiger partial charge in [0.25, 0.3) is 0 Å². The summed E-state index contributed by atoms with van der Waals surface area (Å²) in [5, 5.41) is 3.06. The number of likely N-dealkylation sites (tertiary alicyclic amines) is 1. The van der Waals surface area contributed by atoms with Gasteiger partial charge in [-0.1, -0.05) is 99.3 Å². The van der Waals surface area contributed by atoms with Crippen molar-refractivity contribution in [2.75, 3.05) is 19.6 Å². The molecule has 1 saturated heterocycles. The summed E-state index contributed by atoms with van der Waals surface area (Å²) in [6.45, 7) is 4.85. The molecule has 3 N–H and O–H groups in total. The van der Waals surface area contributed by atoms with E-state index in [-0.39, 0.29) is 23.7 Å². The van der Waals surface area contributed by atoms with Crippen LogP contribution >= 0.6 is 0 Å². The number of hydrogen-bond donors (Lipinski definition) is 2. The van der Waals surface area contributed by atoms with Crippen molar-refractivity contribution in [3.8, 4) is 0 Å². The number of amides is 2. The van der Waals surface area contributed by atoms with Gasteiger partial charge in [-0.05, 0) is 73.9 Å². The maximum absolute atomic E-state index is 12.6. The second-order valence-electron chi connectivity index (χ2n) is 12.0. The number of hydrogen-bond acceptors (Lipinski definition) is 4. The Labute approximate surface area is 252 Å². The molecular formula is C36H48N4O2. The largest absolute Gasteiger partial charge is 0.369 e. The zero-order valence-electron chi connectivity index (χ0n) is 25.2. The molecule has 2 atom stereocenters. The third-order valence-corrected chi connectivity index (χ3v) is 8.78. The fourth-order valence-corrected chi connectivity index (χ4v) is 6.32. The van der Waals surface area contributed by atoms with E-state index in [1.54, 1.807) is 12.4 Å². The minimum absolute atomic E-state index is 0.00325. The summed E-state index contributed by atoms with van der Waals surface area (Å²) in [5.74, 6) is -0.184. The highest BCUT2D eigenvalue weighted by Crippen LogP contribution is 2.33. The highest BCUT2D eigenvalue weighted by Gasteiger charge is 2.27. The number of pyridine rings is 1. The molecule has 2 heterocycles. The van der Waals surface area contributed by atoms with Crippen LogP contribution in [0.15, 0.2) is 85.2 Å². The maximum atomic E-state index is 12.6. The van der Waals surface area contributed by atoms with Gasteiger partial charge in [-0.3, -0.25) is 19.5 Å². The molecule has 0 saturated carbocycles. The van der Waals surface area contributed by atoms with Crippen LogP contribution < -0.4 is 11.1 Å². The van der Waals surface area contributed by atoms with Gasteiger partial charge in [0.1, 0.15) is 0 Å². The summed E-state index contributed by atoms with van der Waals surface area (Å²) in [7, 11) is 0. The summed E-state index contributed by atoms with van der Waals surface area (Å²) >= 11 is 0. The molecule has 2 unspecified atom stereocenters. The van der Waals surface area contributed by atoms with Gasteiger partial charge in [0.2, 0.25) is 11.8 Å². The highest BCUT2D eigenvalue weighted by molar-refractivity contribution is 5.81. The van der Waals surface area contributed by atoms with E-state index in [2.05, 4.69) is 75.9 Å². The number of carbonyl (C=O) groups excluding carboxylic acids is 2. The molecule has 0 spiro atoms. The molecule has 0 radical (unpaired) electrons. The van der Waals surface area contributed by atoms with Crippen molar-refractivity contribution in [3.05, 3.63) is 102 Å². The molecule has 2 aromatic carbocycles. The maximum Gasteiger partial charge on any atom is 0.222 e. The Balaban J connectivity index is 1.10. The van der Waals surface area contributed by atoms with Crippen LogP contribution in [0.4, 0.5) is 0 Å². The summed E-state index contributed by atoms with van der Waals surface area (Å²) in [6.07, 6.45) is 12.8. The first-order valence-electron chi connectivity index (χ1n) is 15.8. The lowest BCUT2D eigenvalue weighted by molar-refractivity contribution is -0.126. The van der Waals surface area contributed by atoms with E-state index in [0.717, 1.165) is 37.4 Å². The van der Waals surface area contributed by atoms with Crippen LogP contribution in [0.3, 0.4) is 0 Å². The molecule has 0 bridgehead atoms. The van der Waals surface area contributed by atoms with Crippen LogP contribution in [0.5, 0.6) is 0 Å². The van der Waals surface area contributed by atoms with Gasteiger partial charge in [0.15, 0.2) is 0 Å². The van der Waals surface area contributed by atoms with Gasteiger partial charge in [0.05, 0.1) is 6.04 Å². The predicted molar refractivity (Wildman–Crippen MR) is 170 cm³/mol. The first-order chi connectivity index (χ1) is 20.5. The zero-order valence-corrected chi connectivity index (χ0v) is 25.2. The fourth-order valence-electron chi connectivity index (χ4n) is 6.32. The summed E-state index contributed by atoms with van der Waals surface area (Å²) in [6, 6.07) is 25.9. The molecule has 1 aliphatic heterocycles. The number of benzene rings is 2. The number of carbonyl (C=O) groups is 2. The fraction of sp³-hybridized carbons (Fsp3) is 0.472. The monoisotopic (exact) mass is 568 g/mol. The predicted octanol–water partition coefficient (Wildman–Crippen LogP) is 6.32. The first-order valence-corrected chi connectivity index (χ1v) is 15.8. The SMILES string of the molecule is CC(CC(Cc1cccnc1)C(N)=O)C(=O)NCCCCCCC1CCN(C(c2ccccc2)c2ccccc2)CC1. The third-order valence-electron chi connectivity index (χ3n) is 8.78. The van der Waals surface area contributed by atoms with Gasteiger partial charge in [-0.25, -0.2) is 0 Å². The average Bonchev–Trinajstić information content (AvgIpc) is 3.02. The first kappa shape index (κ1) is 31.4. The number of primary amides is 1. The number of rotatable bonds is 16. The molecule has 1 aliphatic rings. The number of nitrogens with two attached hydrogens (primary N) is 1. The minimum atomic E-state index is -0.371. The van der Waals surface area contributed by atoms with E-state index in [4.69, 9.17) is 5.73 Å². The Hall–Kier alpha value is -3.51. The van der Waals surface area contributed by atoms with Crippen molar-refractivity contribution in [1.29, 1.82) is 0 Å². The summed E-state index contributed by atoms with van der Waals surface area (Å²) in [5.41, 5.74) is 9.34. The Morgan fingerprint density at radius 2 is 1.55 bits per heavy atom. The Morgan fingerprint density at radius 1 is 0.905 bits per heavy atom. The van der Waals surface area contributed by atoms with Crippen LogP contribution in [-0.4, -0.2) is 41.3 Å². The van der Waals surface area contributed by atoms with Crippen LogP contribution in [-0.2, 0) is 16.0 Å². The normalized spacial score (nSPS) is 15.8. The van der Waals surface area contributed by atoms with E-state index in [1.165, 1.54) is 43.2 Å². The lowest BCUT2D eigenvalue weighted by atomic mass is 9.88. The quantitative estimate of drug-likeness (QED) is 0.198. The van der Waals surface area contributed by atoms with Crippen molar-refractivity contribution >= 4 is 11.8 Å². The van der Waals surface area contributed by atoms with Crippen LogP contribution in [0.25, 0.3) is 0 Å². The number of aromatic nitrogens is 1. The van der Waals surface area contributed by atoms with Crippen molar-refractivity contribution in [3.63, 3.8) is 0 Å². The molecule has 2 amide bonds. The van der Waals surface area contributed by atoms with Gasteiger partial charge in [0, 0.05) is 30.8 Å². The summed E-state index contributed by atoms with van der Waals surface area (Å²) in [4.78, 5) is 31.4. The minimum Gasteiger partial charge on any atom is -0.369 e. The second-order valence-corrected chi connectivity index (χ2v) is 12.0. The highest BCUT2D eigenvalue weighted by atomic mass is 16.2.